The van der Waals surface area contributed by atoms with Crippen LogP contribution >= 0.6 is 0 Å². The van der Waals surface area contributed by atoms with Gasteiger partial charge in [0.15, 0.2) is 0 Å². The Kier molecular flexibility index (Phi) is 5.60. The number of pyridine rings is 1. The summed E-state index contributed by atoms with van der Waals surface area (Å²) in [6.07, 6.45) is 7.84. The van der Waals surface area contributed by atoms with E-state index in [9.17, 15) is 10.2 Å². The number of hydrogen-bond acceptors (Lipinski definition) is 5. The maximum Gasteiger partial charge on any atom is 0.142 e. The minimum absolute atomic E-state index is 0.429. The summed E-state index contributed by atoms with van der Waals surface area (Å²) in [5.74, 6) is 1.32. The lowest BCUT2D eigenvalue weighted by Crippen LogP contribution is -2.39. The van der Waals surface area contributed by atoms with Crippen LogP contribution in [0.2, 0.25) is 0 Å². The van der Waals surface area contributed by atoms with Crippen LogP contribution in [0.3, 0.4) is 0 Å². The van der Waals surface area contributed by atoms with Gasteiger partial charge in [-0.25, -0.2) is 4.98 Å². The van der Waals surface area contributed by atoms with E-state index >= 15 is 0 Å². The van der Waals surface area contributed by atoms with Crippen LogP contribution in [0, 0.1) is 5.92 Å². The van der Waals surface area contributed by atoms with Crippen LogP contribution in [0.4, 0.5) is 0 Å². The Labute approximate surface area is 142 Å². The molecule has 0 bridgehead atoms. The quantitative estimate of drug-likeness (QED) is 0.839. The number of imidazole rings is 1. The average Bonchev–Trinajstić information content (AvgIpc) is 3.05. The summed E-state index contributed by atoms with van der Waals surface area (Å²) in [6.45, 7) is 5.47. The third-order valence-corrected chi connectivity index (χ3v) is 4.75. The molecular weight excluding hydrogens is 304 g/mol. The number of aliphatic hydroxyl groups excluding tert-OH is 2. The first-order valence-electron chi connectivity index (χ1n) is 8.63. The lowest BCUT2D eigenvalue weighted by molar-refractivity contribution is 0.0778. The van der Waals surface area contributed by atoms with Gasteiger partial charge < -0.3 is 19.7 Å². The first-order valence-corrected chi connectivity index (χ1v) is 8.63. The molecule has 1 saturated heterocycles. The maximum absolute atomic E-state index is 10.5. The molecule has 0 aromatic carbocycles. The zero-order chi connectivity index (χ0) is 16.9. The zero-order valence-corrected chi connectivity index (χ0v) is 14.1. The molecule has 0 spiro atoms. The van der Waals surface area contributed by atoms with E-state index in [1.807, 2.05) is 10.6 Å². The number of hydrogen-bond donors (Lipinski definition) is 2. The standard InChI is InChI=1S/C18H26N4O2/c1-14-4-8-21(9-5-14)12-16(23)13-22-10-7-20-18(22)17(24)15-3-2-6-19-11-15/h2-3,6-7,10-11,14,16-17,23-24H,4-5,8-9,12-13H2,1H3/t16-,17-/m0/s1. The number of β-amino-alcohol motifs (C(OH)–C–C–N with tert-alkyl or cyclic N) is 1. The van der Waals surface area contributed by atoms with Crippen molar-refractivity contribution in [2.24, 2.45) is 5.92 Å². The van der Waals surface area contributed by atoms with Crippen LogP contribution in [-0.4, -0.2) is 55.4 Å². The minimum atomic E-state index is -0.836. The van der Waals surface area contributed by atoms with Crippen LogP contribution in [0.5, 0.6) is 0 Å². The average molecular weight is 330 g/mol. The Morgan fingerprint density at radius 1 is 1.21 bits per heavy atom. The summed E-state index contributed by atoms with van der Waals surface area (Å²) < 4.78 is 1.83. The number of piperidine rings is 1. The van der Waals surface area contributed by atoms with Crippen molar-refractivity contribution in [1.82, 2.24) is 19.4 Å². The zero-order valence-electron chi connectivity index (χ0n) is 14.1. The fourth-order valence-electron chi connectivity index (χ4n) is 3.24. The summed E-state index contributed by atoms with van der Waals surface area (Å²) in [5.41, 5.74) is 0.699. The highest BCUT2D eigenvalue weighted by Crippen LogP contribution is 2.20. The van der Waals surface area contributed by atoms with Crippen molar-refractivity contribution in [3.05, 3.63) is 48.3 Å². The lowest BCUT2D eigenvalue weighted by atomic mass is 9.99. The van der Waals surface area contributed by atoms with Gasteiger partial charge in [0.1, 0.15) is 11.9 Å². The molecule has 0 aliphatic carbocycles. The molecule has 0 radical (unpaired) electrons. The fourth-order valence-corrected chi connectivity index (χ4v) is 3.24. The molecule has 2 N–H and O–H groups in total. The van der Waals surface area contributed by atoms with Gasteiger partial charge in [0.25, 0.3) is 0 Å². The largest absolute Gasteiger partial charge is 0.390 e. The Hall–Kier alpha value is -1.76. The second-order valence-corrected chi connectivity index (χ2v) is 6.76. The minimum Gasteiger partial charge on any atom is -0.390 e. The molecule has 3 heterocycles. The number of rotatable bonds is 6. The van der Waals surface area contributed by atoms with Gasteiger partial charge in [-0.05, 0) is 37.9 Å². The Balaban J connectivity index is 1.61. The Morgan fingerprint density at radius 3 is 2.71 bits per heavy atom. The summed E-state index contributed by atoms with van der Waals surface area (Å²) in [4.78, 5) is 10.6. The third kappa shape index (κ3) is 4.20. The van der Waals surface area contributed by atoms with Crippen molar-refractivity contribution in [3.8, 4) is 0 Å². The van der Waals surface area contributed by atoms with Gasteiger partial charge in [0.05, 0.1) is 12.6 Å². The van der Waals surface area contributed by atoms with Gasteiger partial charge in [0, 0.05) is 36.9 Å². The molecular formula is C18H26N4O2. The van der Waals surface area contributed by atoms with Crippen molar-refractivity contribution in [1.29, 1.82) is 0 Å². The van der Waals surface area contributed by atoms with Crippen molar-refractivity contribution in [3.63, 3.8) is 0 Å². The molecule has 2 aromatic rings. The molecule has 1 aliphatic heterocycles. The molecule has 6 heteroatoms. The van der Waals surface area contributed by atoms with E-state index in [0.717, 1.165) is 19.0 Å². The SMILES string of the molecule is CC1CCN(C[C@H](O)Cn2ccnc2[C@@H](O)c2cccnc2)CC1. The van der Waals surface area contributed by atoms with Crippen LogP contribution in [-0.2, 0) is 6.54 Å². The molecule has 6 nitrogen and oxygen atoms in total. The third-order valence-electron chi connectivity index (χ3n) is 4.75. The van der Waals surface area contributed by atoms with E-state index in [4.69, 9.17) is 0 Å². The van der Waals surface area contributed by atoms with E-state index in [0.29, 0.717) is 24.5 Å². The fraction of sp³-hybridized carbons (Fsp3) is 0.556. The van der Waals surface area contributed by atoms with E-state index < -0.39 is 12.2 Å². The number of nitrogens with zero attached hydrogens (tertiary/aromatic N) is 4. The highest BCUT2D eigenvalue weighted by molar-refractivity contribution is 5.19. The second-order valence-electron chi connectivity index (χ2n) is 6.76. The normalized spacial score (nSPS) is 19.3. The van der Waals surface area contributed by atoms with Crippen LogP contribution in [0.1, 0.15) is 37.3 Å². The van der Waals surface area contributed by atoms with Gasteiger partial charge in [0.2, 0.25) is 0 Å². The second kappa shape index (κ2) is 7.88. The highest BCUT2D eigenvalue weighted by atomic mass is 16.3. The highest BCUT2D eigenvalue weighted by Gasteiger charge is 2.21. The summed E-state index contributed by atoms with van der Waals surface area (Å²) in [5, 5.41) is 20.9. The van der Waals surface area contributed by atoms with E-state index in [-0.39, 0.29) is 0 Å². The van der Waals surface area contributed by atoms with Crippen molar-refractivity contribution >= 4 is 0 Å². The molecule has 0 amide bonds. The Morgan fingerprint density at radius 2 is 2.00 bits per heavy atom. The monoisotopic (exact) mass is 330 g/mol. The molecule has 3 rings (SSSR count). The van der Waals surface area contributed by atoms with E-state index in [1.54, 1.807) is 30.9 Å². The molecule has 24 heavy (non-hydrogen) atoms. The van der Waals surface area contributed by atoms with Crippen molar-refractivity contribution in [2.45, 2.75) is 38.5 Å². The van der Waals surface area contributed by atoms with Crippen LogP contribution in [0.15, 0.2) is 36.9 Å². The molecule has 2 atom stereocenters. The van der Waals surface area contributed by atoms with Crippen molar-refractivity contribution < 1.29 is 10.2 Å². The van der Waals surface area contributed by atoms with E-state index in [1.165, 1.54) is 12.8 Å². The maximum atomic E-state index is 10.5. The molecule has 0 unspecified atom stereocenters. The topological polar surface area (TPSA) is 74.4 Å². The molecule has 130 valence electrons. The van der Waals surface area contributed by atoms with Crippen LogP contribution < -0.4 is 0 Å². The van der Waals surface area contributed by atoms with Crippen molar-refractivity contribution in [2.75, 3.05) is 19.6 Å². The molecule has 1 fully saturated rings. The number of aromatic nitrogens is 3. The van der Waals surface area contributed by atoms with Gasteiger partial charge in [-0.1, -0.05) is 13.0 Å². The van der Waals surface area contributed by atoms with Gasteiger partial charge >= 0.3 is 0 Å². The molecule has 2 aromatic heterocycles. The smallest absolute Gasteiger partial charge is 0.142 e. The van der Waals surface area contributed by atoms with Crippen LogP contribution in [0.25, 0.3) is 0 Å². The van der Waals surface area contributed by atoms with Gasteiger partial charge in [-0.15, -0.1) is 0 Å². The molecule has 1 aliphatic rings. The first kappa shape index (κ1) is 17.1. The summed E-state index contributed by atoms with van der Waals surface area (Å²) >= 11 is 0. The summed E-state index contributed by atoms with van der Waals surface area (Å²) in [7, 11) is 0. The predicted octanol–water partition coefficient (Wildman–Crippen LogP) is 1.45. The lowest BCUT2D eigenvalue weighted by Gasteiger charge is -2.31. The first-order chi connectivity index (χ1) is 11.6. The Bertz CT molecular complexity index is 623. The number of aliphatic hydroxyl groups is 2. The van der Waals surface area contributed by atoms with E-state index in [2.05, 4.69) is 21.8 Å². The summed E-state index contributed by atoms with van der Waals surface area (Å²) in [6, 6.07) is 3.61. The molecule has 0 saturated carbocycles. The van der Waals surface area contributed by atoms with Gasteiger partial charge in [-0.2, -0.15) is 0 Å². The predicted molar refractivity (Wildman–Crippen MR) is 91.4 cm³/mol. The number of likely N-dealkylation sites (tertiary alicyclic amines) is 1. The van der Waals surface area contributed by atoms with Gasteiger partial charge in [-0.3, -0.25) is 4.98 Å².